The average molecular weight is 383 g/mol. The summed E-state index contributed by atoms with van der Waals surface area (Å²) in [6.07, 6.45) is 2.04. The zero-order valence-corrected chi connectivity index (χ0v) is 15.6. The Morgan fingerprint density at radius 3 is 2.58 bits per heavy atom. The second-order valence-corrected chi connectivity index (χ2v) is 6.55. The molecule has 1 aromatic carbocycles. The Morgan fingerprint density at radius 1 is 1.19 bits per heavy atom. The standard InChI is InChI=1S/C18H26N4O3.ClH/c23-17(12-16-13-25-11-8-19-16)22-9-6-15(7-10-22)21-18(24)20-14-4-2-1-3-5-14;/h1-5,15-16,19H,6-13H2,(H2,20,21,24);1H. The van der Waals surface area contributed by atoms with Crippen LogP contribution in [0.5, 0.6) is 0 Å². The fraction of sp³-hybridized carbons (Fsp3) is 0.556. The van der Waals surface area contributed by atoms with E-state index in [0.29, 0.717) is 32.7 Å². The largest absolute Gasteiger partial charge is 0.378 e. The van der Waals surface area contributed by atoms with E-state index in [4.69, 9.17) is 4.74 Å². The van der Waals surface area contributed by atoms with Gasteiger partial charge in [-0.15, -0.1) is 12.4 Å². The summed E-state index contributed by atoms with van der Waals surface area (Å²) in [5, 5.41) is 9.12. The number of ether oxygens (including phenoxy) is 1. The number of amides is 3. The van der Waals surface area contributed by atoms with Gasteiger partial charge < -0.3 is 25.6 Å². The van der Waals surface area contributed by atoms with Crippen LogP contribution in [0.4, 0.5) is 10.5 Å². The third kappa shape index (κ3) is 6.16. The van der Waals surface area contributed by atoms with Gasteiger partial charge >= 0.3 is 6.03 Å². The van der Waals surface area contributed by atoms with Crippen LogP contribution in [0.2, 0.25) is 0 Å². The molecule has 0 saturated carbocycles. The van der Waals surface area contributed by atoms with Gasteiger partial charge in [0.1, 0.15) is 0 Å². The van der Waals surface area contributed by atoms with Crippen LogP contribution in [-0.2, 0) is 9.53 Å². The summed E-state index contributed by atoms with van der Waals surface area (Å²) in [6, 6.07) is 9.40. The zero-order chi connectivity index (χ0) is 17.5. The summed E-state index contributed by atoms with van der Waals surface area (Å²) in [4.78, 5) is 26.3. The van der Waals surface area contributed by atoms with Crippen molar-refractivity contribution in [2.24, 2.45) is 0 Å². The van der Waals surface area contributed by atoms with Crippen molar-refractivity contribution < 1.29 is 14.3 Å². The molecule has 7 nitrogen and oxygen atoms in total. The Bertz CT molecular complexity index is 573. The maximum atomic E-state index is 12.4. The van der Waals surface area contributed by atoms with Crippen molar-refractivity contribution in [3.05, 3.63) is 30.3 Å². The molecule has 0 aromatic heterocycles. The molecule has 3 rings (SSSR count). The number of piperidine rings is 1. The molecular formula is C18H27ClN4O3. The highest BCUT2D eigenvalue weighted by Crippen LogP contribution is 2.13. The lowest BCUT2D eigenvalue weighted by atomic mass is 10.0. The van der Waals surface area contributed by atoms with Gasteiger partial charge in [-0.05, 0) is 25.0 Å². The molecule has 3 amide bonds. The molecule has 3 N–H and O–H groups in total. The maximum Gasteiger partial charge on any atom is 0.319 e. The molecule has 1 atom stereocenters. The zero-order valence-electron chi connectivity index (χ0n) is 14.8. The molecule has 8 heteroatoms. The quantitative estimate of drug-likeness (QED) is 0.738. The van der Waals surface area contributed by atoms with Crippen molar-refractivity contribution in [1.29, 1.82) is 0 Å². The van der Waals surface area contributed by atoms with Gasteiger partial charge in [0.25, 0.3) is 0 Å². The van der Waals surface area contributed by atoms with Gasteiger partial charge in [-0.1, -0.05) is 18.2 Å². The third-order valence-corrected chi connectivity index (χ3v) is 4.63. The van der Waals surface area contributed by atoms with Crippen molar-refractivity contribution in [2.45, 2.75) is 31.3 Å². The smallest absolute Gasteiger partial charge is 0.319 e. The number of morpholine rings is 1. The van der Waals surface area contributed by atoms with Crippen LogP contribution in [0.25, 0.3) is 0 Å². The predicted molar refractivity (Wildman–Crippen MR) is 103 cm³/mol. The lowest BCUT2D eigenvalue weighted by Crippen LogP contribution is -2.50. The number of urea groups is 1. The van der Waals surface area contributed by atoms with Crippen molar-refractivity contribution in [2.75, 3.05) is 38.2 Å². The molecular weight excluding hydrogens is 356 g/mol. The summed E-state index contributed by atoms with van der Waals surface area (Å²) in [7, 11) is 0. The van der Waals surface area contributed by atoms with Gasteiger partial charge in [-0.2, -0.15) is 0 Å². The first kappa shape index (κ1) is 20.5. The van der Waals surface area contributed by atoms with Gasteiger partial charge in [0, 0.05) is 43.8 Å². The summed E-state index contributed by atoms with van der Waals surface area (Å²) >= 11 is 0. The first-order chi connectivity index (χ1) is 12.2. The first-order valence-corrected chi connectivity index (χ1v) is 8.92. The number of carbonyl (C=O) groups is 2. The number of hydrogen-bond acceptors (Lipinski definition) is 4. The van der Waals surface area contributed by atoms with E-state index in [-0.39, 0.29) is 36.4 Å². The van der Waals surface area contributed by atoms with E-state index in [9.17, 15) is 9.59 Å². The van der Waals surface area contributed by atoms with Crippen LogP contribution >= 0.6 is 12.4 Å². The Hall–Kier alpha value is -1.83. The van der Waals surface area contributed by atoms with Crippen molar-refractivity contribution in [3.8, 4) is 0 Å². The lowest BCUT2D eigenvalue weighted by molar-refractivity contribution is -0.133. The van der Waals surface area contributed by atoms with E-state index in [2.05, 4.69) is 16.0 Å². The second-order valence-electron chi connectivity index (χ2n) is 6.55. The van der Waals surface area contributed by atoms with E-state index < -0.39 is 0 Å². The van der Waals surface area contributed by atoms with Crippen LogP contribution < -0.4 is 16.0 Å². The highest BCUT2D eigenvalue weighted by Gasteiger charge is 2.26. The molecule has 0 radical (unpaired) electrons. The van der Waals surface area contributed by atoms with Crippen LogP contribution in [0.3, 0.4) is 0 Å². The molecule has 2 saturated heterocycles. The molecule has 0 bridgehead atoms. The molecule has 26 heavy (non-hydrogen) atoms. The molecule has 2 aliphatic heterocycles. The number of hydrogen-bond donors (Lipinski definition) is 3. The van der Waals surface area contributed by atoms with E-state index >= 15 is 0 Å². The fourth-order valence-corrected chi connectivity index (χ4v) is 3.24. The predicted octanol–water partition coefficient (Wildman–Crippen LogP) is 1.60. The monoisotopic (exact) mass is 382 g/mol. The third-order valence-electron chi connectivity index (χ3n) is 4.63. The number of rotatable bonds is 4. The van der Waals surface area contributed by atoms with Crippen molar-refractivity contribution in [3.63, 3.8) is 0 Å². The van der Waals surface area contributed by atoms with Crippen LogP contribution in [0.15, 0.2) is 30.3 Å². The number of nitrogens with one attached hydrogen (secondary N) is 3. The Kier molecular flexibility index (Phi) is 8.15. The second kappa shape index (κ2) is 10.4. The molecule has 2 heterocycles. The summed E-state index contributed by atoms with van der Waals surface area (Å²) < 4.78 is 5.39. The van der Waals surface area contributed by atoms with Gasteiger partial charge in [0.15, 0.2) is 0 Å². The lowest BCUT2D eigenvalue weighted by Gasteiger charge is -2.34. The fourth-order valence-electron chi connectivity index (χ4n) is 3.24. The van der Waals surface area contributed by atoms with Crippen LogP contribution in [0.1, 0.15) is 19.3 Å². The molecule has 1 aromatic rings. The average Bonchev–Trinajstić information content (AvgIpc) is 2.64. The normalized spacial score (nSPS) is 20.8. The highest BCUT2D eigenvalue weighted by molar-refractivity contribution is 5.89. The maximum absolute atomic E-state index is 12.4. The number of nitrogens with zero attached hydrogens (tertiary/aromatic N) is 1. The van der Waals surface area contributed by atoms with Gasteiger partial charge in [-0.25, -0.2) is 4.79 Å². The van der Waals surface area contributed by atoms with Crippen molar-refractivity contribution >= 4 is 30.0 Å². The number of carbonyl (C=O) groups excluding carboxylic acids is 2. The summed E-state index contributed by atoms with van der Waals surface area (Å²) in [5.41, 5.74) is 0.773. The Labute approximate surface area is 160 Å². The SMILES string of the molecule is Cl.O=C(Nc1ccccc1)NC1CCN(C(=O)CC2COCCN2)CC1. The number of likely N-dealkylation sites (tertiary alicyclic amines) is 1. The number of halogens is 1. The molecule has 144 valence electrons. The van der Waals surface area contributed by atoms with E-state index in [1.807, 2.05) is 35.2 Å². The van der Waals surface area contributed by atoms with Crippen LogP contribution in [0, 0.1) is 0 Å². The molecule has 0 aliphatic carbocycles. The Balaban J connectivity index is 0.00000243. The number of para-hydroxylation sites is 1. The minimum absolute atomic E-state index is 0. The minimum atomic E-state index is -0.195. The molecule has 0 spiro atoms. The Morgan fingerprint density at radius 2 is 1.92 bits per heavy atom. The summed E-state index contributed by atoms with van der Waals surface area (Å²) in [6.45, 7) is 3.49. The van der Waals surface area contributed by atoms with E-state index in [1.54, 1.807) is 0 Å². The van der Waals surface area contributed by atoms with Crippen molar-refractivity contribution in [1.82, 2.24) is 15.5 Å². The number of anilines is 1. The first-order valence-electron chi connectivity index (χ1n) is 8.92. The molecule has 2 fully saturated rings. The van der Waals surface area contributed by atoms with Gasteiger partial charge in [0.2, 0.25) is 5.91 Å². The van der Waals surface area contributed by atoms with Gasteiger partial charge in [-0.3, -0.25) is 4.79 Å². The van der Waals surface area contributed by atoms with Gasteiger partial charge in [0.05, 0.1) is 13.2 Å². The number of benzene rings is 1. The topological polar surface area (TPSA) is 82.7 Å². The molecule has 1 unspecified atom stereocenters. The highest BCUT2D eigenvalue weighted by atomic mass is 35.5. The minimum Gasteiger partial charge on any atom is -0.378 e. The molecule has 2 aliphatic rings. The van der Waals surface area contributed by atoms with Crippen LogP contribution in [-0.4, -0.2) is 61.8 Å². The summed E-state index contributed by atoms with van der Waals surface area (Å²) in [5.74, 6) is 0.162. The van der Waals surface area contributed by atoms with E-state index in [1.165, 1.54) is 0 Å². The van der Waals surface area contributed by atoms with E-state index in [0.717, 1.165) is 25.1 Å².